The first-order chi connectivity index (χ1) is 8.81. The molecule has 100 valence electrons. The highest BCUT2D eigenvalue weighted by atomic mass is 16.3. The first-order valence-electron chi connectivity index (χ1n) is 6.69. The van der Waals surface area contributed by atoms with Crippen LogP contribution in [-0.4, -0.2) is 44.9 Å². The van der Waals surface area contributed by atoms with Crippen LogP contribution < -0.4 is 0 Å². The summed E-state index contributed by atoms with van der Waals surface area (Å²) in [5.41, 5.74) is 0. The Morgan fingerprint density at radius 1 is 1.39 bits per heavy atom. The van der Waals surface area contributed by atoms with E-state index >= 15 is 0 Å². The average molecular weight is 251 g/mol. The van der Waals surface area contributed by atoms with Crippen molar-refractivity contribution in [3.63, 3.8) is 0 Å². The minimum absolute atomic E-state index is 0.0117. The van der Waals surface area contributed by atoms with Gasteiger partial charge in [-0.05, 0) is 18.9 Å². The van der Waals surface area contributed by atoms with E-state index < -0.39 is 0 Å². The van der Waals surface area contributed by atoms with Crippen LogP contribution in [0.1, 0.15) is 32.1 Å². The second-order valence-electron chi connectivity index (χ2n) is 4.79. The van der Waals surface area contributed by atoms with Gasteiger partial charge in [0.25, 0.3) is 0 Å². The number of hydrogen-bond donors (Lipinski definition) is 1. The van der Waals surface area contributed by atoms with Crippen molar-refractivity contribution in [1.82, 2.24) is 14.7 Å². The molecule has 0 aromatic carbocycles. The van der Waals surface area contributed by atoms with Crippen LogP contribution in [-0.2, 0) is 11.3 Å². The van der Waals surface area contributed by atoms with Crippen molar-refractivity contribution >= 4 is 5.91 Å². The number of aromatic nitrogens is 2. The van der Waals surface area contributed by atoms with E-state index in [4.69, 9.17) is 0 Å². The smallest absolute Gasteiger partial charge is 0.224 e. The fourth-order valence-corrected chi connectivity index (χ4v) is 2.48. The number of carbonyl (C=O) groups excluding carboxylic acids is 1. The molecule has 0 spiro atoms. The van der Waals surface area contributed by atoms with E-state index in [-0.39, 0.29) is 18.6 Å². The van der Waals surface area contributed by atoms with Crippen LogP contribution in [0.25, 0.3) is 0 Å². The van der Waals surface area contributed by atoms with Gasteiger partial charge in [-0.15, -0.1) is 0 Å². The Morgan fingerprint density at radius 3 is 3.00 bits per heavy atom. The van der Waals surface area contributed by atoms with Crippen molar-refractivity contribution in [2.24, 2.45) is 0 Å². The second-order valence-corrected chi connectivity index (χ2v) is 4.79. The van der Waals surface area contributed by atoms with Crippen LogP contribution in [0.2, 0.25) is 0 Å². The summed E-state index contributed by atoms with van der Waals surface area (Å²) in [7, 11) is 0. The van der Waals surface area contributed by atoms with Crippen molar-refractivity contribution in [2.75, 3.05) is 13.2 Å². The van der Waals surface area contributed by atoms with Gasteiger partial charge < -0.3 is 10.0 Å². The number of aliphatic hydroxyl groups excluding tert-OH is 1. The summed E-state index contributed by atoms with van der Waals surface area (Å²) in [5, 5.41) is 13.5. The molecule has 1 aliphatic rings. The Labute approximate surface area is 107 Å². The van der Waals surface area contributed by atoms with E-state index in [1.165, 1.54) is 0 Å². The molecule has 1 saturated heterocycles. The van der Waals surface area contributed by atoms with E-state index in [0.717, 1.165) is 32.2 Å². The maximum Gasteiger partial charge on any atom is 0.224 e. The molecule has 2 heterocycles. The minimum Gasteiger partial charge on any atom is -0.394 e. The number of likely N-dealkylation sites (tertiary alicyclic amines) is 1. The highest BCUT2D eigenvalue weighted by Crippen LogP contribution is 2.17. The molecule has 1 fully saturated rings. The summed E-state index contributed by atoms with van der Waals surface area (Å²) in [4.78, 5) is 14.0. The number of hydrogen-bond acceptors (Lipinski definition) is 3. The molecule has 0 saturated carbocycles. The molecule has 1 amide bonds. The number of aliphatic hydroxyl groups is 1. The van der Waals surface area contributed by atoms with Crippen molar-refractivity contribution in [3.8, 4) is 0 Å². The maximum absolute atomic E-state index is 12.2. The number of amides is 1. The van der Waals surface area contributed by atoms with Gasteiger partial charge in [-0.1, -0.05) is 12.8 Å². The molecule has 1 aromatic heterocycles. The molecule has 5 nitrogen and oxygen atoms in total. The maximum atomic E-state index is 12.2. The Balaban J connectivity index is 1.89. The lowest BCUT2D eigenvalue weighted by Crippen LogP contribution is -2.42. The summed E-state index contributed by atoms with van der Waals surface area (Å²) in [6.07, 6.45) is 8.26. The average Bonchev–Trinajstić information content (AvgIpc) is 2.79. The molecule has 0 bridgehead atoms. The monoisotopic (exact) mass is 251 g/mol. The van der Waals surface area contributed by atoms with Crippen LogP contribution in [0.4, 0.5) is 0 Å². The van der Waals surface area contributed by atoms with E-state index in [1.54, 1.807) is 10.9 Å². The van der Waals surface area contributed by atoms with Crippen LogP contribution in [0.5, 0.6) is 0 Å². The lowest BCUT2D eigenvalue weighted by atomic mass is 10.1. The topological polar surface area (TPSA) is 58.4 Å². The van der Waals surface area contributed by atoms with Crippen molar-refractivity contribution in [2.45, 2.75) is 44.7 Å². The molecule has 1 aromatic rings. The number of aryl methyl sites for hydroxylation is 1. The Bertz CT molecular complexity index is 364. The molecular formula is C13H21N3O2. The molecule has 1 unspecified atom stereocenters. The molecule has 1 N–H and O–H groups in total. The number of carbonyl (C=O) groups is 1. The van der Waals surface area contributed by atoms with Crippen LogP contribution >= 0.6 is 0 Å². The first kappa shape index (κ1) is 13.1. The van der Waals surface area contributed by atoms with E-state index in [9.17, 15) is 9.90 Å². The normalized spacial score (nSPS) is 20.7. The zero-order valence-corrected chi connectivity index (χ0v) is 10.7. The van der Waals surface area contributed by atoms with Gasteiger partial charge in [-0.2, -0.15) is 5.10 Å². The predicted octanol–water partition coefficient (Wildman–Crippen LogP) is 1.04. The SMILES string of the molecule is O=C(CCn1cccn1)N1CCCCCC1CO. The van der Waals surface area contributed by atoms with Gasteiger partial charge in [0, 0.05) is 31.9 Å². The molecule has 2 rings (SSSR count). The van der Waals surface area contributed by atoms with Crippen molar-refractivity contribution < 1.29 is 9.90 Å². The third kappa shape index (κ3) is 3.32. The number of nitrogens with zero attached hydrogens (tertiary/aromatic N) is 3. The van der Waals surface area contributed by atoms with Gasteiger partial charge in [-0.3, -0.25) is 9.48 Å². The third-order valence-electron chi connectivity index (χ3n) is 3.52. The standard InChI is InChI=1S/C13H21N3O2/c17-11-12-5-2-1-3-9-16(12)13(18)6-10-15-8-4-7-14-15/h4,7-8,12,17H,1-3,5-6,9-11H2. The summed E-state index contributed by atoms with van der Waals surface area (Å²) in [5.74, 6) is 0.131. The van der Waals surface area contributed by atoms with E-state index in [0.29, 0.717) is 13.0 Å². The Morgan fingerprint density at radius 2 is 2.28 bits per heavy atom. The zero-order chi connectivity index (χ0) is 12.8. The zero-order valence-electron chi connectivity index (χ0n) is 10.7. The fraction of sp³-hybridized carbons (Fsp3) is 0.692. The molecule has 5 heteroatoms. The van der Waals surface area contributed by atoms with E-state index in [2.05, 4.69) is 5.10 Å². The van der Waals surface area contributed by atoms with Gasteiger partial charge in [0.05, 0.1) is 12.6 Å². The van der Waals surface area contributed by atoms with Crippen molar-refractivity contribution in [3.05, 3.63) is 18.5 Å². The largest absolute Gasteiger partial charge is 0.394 e. The highest BCUT2D eigenvalue weighted by molar-refractivity contribution is 5.76. The number of rotatable bonds is 4. The lowest BCUT2D eigenvalue weighted by molar-refractivity contribution is -0.134. The molecule has 1 aliphatic heterocycles. The van der Waals surface area contributed by atoms with Gasteiger partial charge in [0.1, 0.15) is 0 Å². The first-order valence-corrected chi connectivity index (χ1v) is 6.69. The molecule has 1 atom stereocenters. The fourth-order valence-electron chi connectivity index (χ4n) is 2.48. The summed E-state index contributed by atoms with van der Waals surface area (Å²) < 4.78 is 1.77. The molecule has 18 heavy (non-hydrogen) atoms. The Hall–Kier alpha value is -1.36. The predicted molar refractivity (Wildman–Crippen MR) is 67.9 cm³/mol. The summed E-state index contributed by atoms with van der Waals surface area (Å²) in [6, 6.07) is 1.87. The van der Waals surface area contributed by atoms with Crippen LogP contribution in [0, 0.1) is 0 Å². The van der Waals surface area contributed by atoms with Crippen LogP contribution in [0.15, 0.2) is 18.5 Å². The van der Waals surface area contributed by atoms with Crippen LogP contribution in [0.3, 0.4) is 0 Å². The van der Waals surface area contributed by atoms with Crippen molar-refractivity contribution in [1.29, 1.82) is 0 Å². The summed E-state index contributed by atoms with van der Waals surface area (Å²) in [6.45, 7) is 1.47. The highest BCUT2D eigenvalue weighted by Gasteiger charge is 2.24. The molecule has 0 aliphatic carbocycles. The second kappa shape index (κ2) is 6.54. The lowest BCUT2D eigenvalue weighted by Gasteiger charge is -2.28. The van der Waals surface area contributed by atoms with Gasteiger partial charge in [0.15, 0.2) is 0 Å². The third-order valence-corrected chi connectivity index (χ3v) is 3.52. The Kier molecular flexibility index (Phi) is 4.75. The molecule has 0 radical (unpaired) electrons. The van der Waals surface area contributed by atoms with Gasteiger partial charge in [0.2, 0.25) is 5.91 Å². The molecular weight excluding hydrogens is 230 g/mol. The minimum atomic E-state index is 0.0117. The quantitative estimate of drug-likeness (QED) is 0.869. The van der Waals surface area contributed by atoms with Gasteiger partial charge >= 0.3 is 0 Å². The van der Waals surface area contributed by atoms with Gasteiger partial charge in [-0.25, -0.2) is 0 Å². The van der Waals surface area contributed by atoms with E-state index in [1.807, 2.05) is 17.2 Å². The summed E-state index contributed by atoms with van der Waals surface area (Å²) >= 11 is 0.